The Balaban J connectivity index is 1.69. The second-order valence-corrected chi connectivity index (χ2v) is 6.77. The Hall–Kier alpha value is -2.19. The Morgan fingerprint density at radius 1 is 1.36 bits per heavy atom. The van der Waals surface area contributed by atoms with E-state index in [-0.39, 0.29) is 17.9 Å². The lowest BCUT2D eigenvalue weighted by atomic mass is 9.98. The highest BCUT2D eigenvalue weighted by Crippen LogP contribution is 2.34. The summed E-state index contributed by atoms with van der Waals surface area (Å²) in [6, 6.07) is 4.02. The fourth-order valence-electron chi connectivity index (χ4n) is 3.13. The number of hydrogen-bond donors (Lipinski definition) is 1. The fraction of sp³-hybridized carbons (Fsp3) is 0.471. The molecule has 0 fully saturated rings. The van der Waals surface area contributed by atoms with Crippen molar-refractivity contribution >= 4 is 23.2 Å². The second-order valence-electron chi connectivity index (χ2n) is 5.77. The number of fused-ring (bicyclic) bond motifs is 1. The van der Waals surface area contributed by atoms with Crippen molar-refractivity contribution in [1.82, 2.24) is 14.9 Å². The Bertz CT molecular complexity index is 727. The average Bonchev–Trinajstić information content (AvgIpc) is 3.09. The number of methoxy groups -OCH3 is 2. The van der Waals surface area contributed by atoms with Crippen LogP contribution in [0.15, 0.2) is 17.5 Å². The fourth-order valence-corrected chi connectivity index (χ4v) is 4.06. The first-order valence-corrected chi connectivity index (χ1v) is 9.09. The van der Waals surface area contributed by atoms with E-state index in [0.29, 0.717) is 18.3 Å². The Morgan fingerprint density at radius 3 is 2.72 bits per heavy atom. The average molecular weight is 362 g/mol. The van der Waals surface area contributed by atoms with Gasteiger partial charge in [0, 0.05) is 17.5 Å². The minimum absolute atomic E-state index is 0.146. The van der Waals surface area contributed by atoms with Gasteiger partial charge in [-0.05, 0) is 29.9 Å². The summed E-state index contributed by atoms with van der Waals surface area (Å²) in [7, 11) is 3.01. The minimum atomic E-state index is -0.146. The third kappa shape index (κ3) is 3.91. The predicted octanol–water partition coefficient (Wildman–Crippen LogP) is 2.50. The molecule has 0 spiro atoms. The van der Waals surface area contributed by atoms with E-state index in [9.17, 15) is 4.79 Å². The SMILES string of the molecule is CC[C@@H]1c2ccsc2CCN1CC(=O)Nc1nc(OC)cc(OC)n1. The smallest absolute Gasteiger partial charge is 0.240 e. The first-order valence-electron chi connectivity index (χ1n) is 8.21. The zero-order chi connectivity index (χ0) is 17.8. The maximum atomic E-state index is 12.5. The lowest BCUT2D eigenvalue weighted by Crippen LogP contribution is -2.40. The zero-order valence-corrected chi connectivity index (χ0v) is 15.4. The van der Waals surface area contributed by atoms with E-state index in [0.717, 1.165) is 19.4 Å². The van der Waals surface area contributed by atoms with Crippen molar-refractivity contribution in [2.45, 2.75) is 25.8 Å². The van der Waals surface area contributed by atoms with Crippen LogP contribution in [0.2, 0.25) is 0 Å². The quantitative estimate of drug-likeness (QED) is 0.851. The topological polar surface area (TPSA) is 76.6 Å². The van der Waals surface area contributed by atoms with Gasteiger partial charge in [-0.15, -0.1) is 11.3 Å². The minimum Gasteiger partial charge on any atom is -0.481 e. The molecule has 1 amide bonds. The van der Waals surface area contributed by atoms with Gasteiger partial charge in [0.2, 0.25) is 23.6 Å². The van der Waals surface area contributed by atoms with Gasteiger partial charge in [-0.3, -0.25) is 15.0 Å². The van der Waals surface area contributed by atoms with E-state index in [1.807, 2.05) is 0 Å². The van der Waals surface area contributed by atoms with Crippen LogP contribution in [0.3, 0.4) is 0 Å². The molecule has 0 unspecified atom stereocenters. The van der Waals surface area contributed by atoms with Gasteiger partial charge in [0.15, 0.2) is 0 Å². The molecule has 1 atom stereocenters. The molecule has 0 saturated carbocycles. The molecule has 0 radical (unpaired) electrons. The van der Waals surface area contributed by atoms with Crippen molar-refractivity contribution in [2.75, 3.05) is 32.6 Å². The molecule has 0 aliphatic carbocycles. The van der Waals surface area contributed by atoms with Crippen molar-refractivity contribution in [3.63, 3.8) is 0 Å². The van der Waals surface area contributed by atoms with Gasteiger partial charge < -0.3 is 9.47 Å². The van der Waals surface area contributed by atoms with Gasteiger partial charge in [-0.1, -0.05) is 6.92 Å². The summed E-state index contributed by atoms with van der Waals surface area (Å²) < 4.78 is 10.2. The number of amides is 1. The van der Waals surface area contributed by atoms with E-state index >= 15 is 0 Å². The van der Waals surface area contributed by atoms with Crippen LogP contribution in [0.4, 0.5) is 5.95 Å². The molecule has 1 aliphatic heterocycles. The molecule has 3 rings (SSSR count). The lowest BCUT2D eigenvalue weighted by Gasteiger charge is -2.34. The van der Waals surface area contributed by atoms with Gasteiger partial charge in [-0.25, -0.2) is 0 Å². The van der Waals surface area contributed by atoms with Crippen molar-refractivity contribution in [1.29, 1.82) is 0 Å². The van der Waals surface area contributed by atoms with Gasteiger partial charge in [-0.2, -0.15) is 9.97 Å². The molecular weight excluding hydrogens is 340 g/mol. The first kappa shape index (κ1) is 17.6. The summed E-state index contributed by atoms with van der Waals surface area (Å²) >= 11 is 1.80. The van der Waals surface area contributed by atoms with E-state index in [2.05, 4.69) is 38.6 Å². The third-order valence-electron chi connectivity index (χ3n) is 4.29. The Morgan fingerprint density at radius 2 is 2.08 bits per heavy atom. The molecule has 0 aromatic carbocycles. The summed E-state index contributed by atoms with van der Waals surface area (Å²) in [5, 5.41) is 4.87. The maximum Gasteiger partial charge on any atom is 0.240 e. The number of carbonyl (C=O) groups is 1. The number of anilines is 1. The van der Waals surface area contributed by atoms with Crippen molar-refractivity contribution in [3.05, 3.63) is 28.0 Å². The maximum absolute atomic E-state index is 12.5. The number of rotatable bonds is 6. The van der Waals surface area contributed by atoms with E-state index in [4.69, 9.17) is 9.47 Å². The molecule has 2 aromatic heterocycles. The highest BCUT2D eigenvalue weighted by molar-refractivity contribution is 7.10. The third-order valence-corrected chi connectivity index (χ3v) is 5.28. The summed E-state index contributed by atoms with van der Waals surface area (Å²) in [5.41, 5.74) is 1.35. The molecule has 1 N–H and O–H groups in total. The Labute approximate surface area is 151 Å². The number of thiophene rings is 1. The Kier molecular flexibility index (Phi) is 5.50. The summed E-state index contributed by atoms with van der Waals surface area (Å²) in [6.07, 6.45) is 1.96. The van der Waals surface area contributed by atoms with Gasteiger partial charge in [0.05, 0.1) is 26.8 Å². The van der Waals surface area contributed by atoms with Crippen LogP contribution in [-0.4, -0.2) is 48.1 Å². The van der Waals surface area contributed by atoms with E-state index in [1.54, 1.807) is 17.4 Å². The number of nitrogens with zero attached hydrogens (tertiary/aromatic N) is 3. The van der Waals surface area contributed by atoms with Crippen molar-refractivity contribution < 1.29 is 14.3 Å². The first-order chi connectivity index (χ1) is 12.1. The van der Waals surface area contributed by atoms with Crippen LogP contribution in [0, 0.1) is 0 Å². The molecule has 1 aliphatic rings. The monoisotopic (exact) mass is 362 g/mol. The van der Waals surface area contributed by atoms with Crippen molar-refractivity contribution in [3.8, 4) is 11.8 Å². The molecule has 7 nitrogen and oxygen atoms in total. The van der Waals surface area contributed by atoms with Crippen LogP contribution in [0.1, 0.15) is 29.8 Å². The van der Waals surface area contributed by atoms with Gasteiger partial charge >= 0.3 is 0 Å². The molecule has 25 heavy (non-hydrogen) atoms. The number of carbonyl (C=O) groups excluding carboxylic acids is 1. The lowest BCUT2D eigenvalue weighted by molar-refractivity contribution is -0.118. The zero-order valence-electron chi connectivity index (χ0n) is 14.6. The number of aromatic nitrogens is 2. The van der Waals surface area contributed by atoms with E-state index in [1.165, 1.54) is 24.7 Å². The normalized spacial score (nSPS) is 17.0. The molecular formula is C17H22N4O3S. The molecule has 134 valence electrons. The van der Waals surface area contributed by atoms with Crippen LogP contribution in [-0.2, 0) is 11.2 Å². The largest absolute Gasteiger partial charge is 0.481 e. The predicted molar refractivity (Wildman–Crippen MR) is 96.4 cm³/mol. The number of ether oxygens (including phenoxy) is 2. The number of hydrogen-bond acceptors (Lipinski definition) is 7. The van der Waals surface area contributed by atoms with Gasteiger partial charge in [0.25, 0.3) is 0 Å². The molecule has 0 bridgehead atoms. The standard InChI is InChI=1S/C17H22N4O3S/c1-4-12-11-6-8-25-13(11)5-7-21(12)10-14(22)18-17-19-15(23-2)9-16(20-17)24-3/h6,8-9,12H,4-5,7,10H2,1-3H3,(H,18,19,20,22)/t12-/m1/s1. The van der Waals surface area contributed by atoms with Crippen LogP contribution in [0.5, 0.6) is 11.8 Å². The second kappa shape index (κ2) is 7.79. The molecule has 2 aromatic rings. The van der Waals surface area contributed by atoms with Gasteiger partial charge in [0.1, 0.15) is 0 Å². The summed E-state index contributed by atoms with van der Waals surface area (Å²) in [4.78, 5) is 24.4. The summed E-state index contributed by atoms with van der Waals surface area (Å²) in [6.45, 7) is 3.33. The highest BCUT2D eigenvalue weighted by Gasteiger charge is 2.28. The highest BCUT2D eigenvalue weighted by atomic mass is 32.1. The van der Waals surface area contributed by atoms with Crippen LogP contribution in [0.25, 0.3) is 0 Å². The van der Waals surface area contributed by atoms with E-state index < -0.39 is 0 Å². The van der Waals surface area contributed by atoms with Crippen LogP contribution >= 0.6 is 11.3 Å². The van der Waals surface area contributed by atoms with Crippen molar-refractivity contribution in [2.24, 2.45) is 0 Å². The number of nitrogens with one attached hydrogen (secondary N) is 1. The molecule has 8 heteroatoms. The molecule has 0 saturated heterocycles. The summed E-state index contributed by atoms with van der Waals surface area (Å²) in [5.74, 6) is 0.721. The molecule has 3 heterocycles. The van der Waals surface area contributed by atoms with Crippen LogP contribution < -0.4 is 14.8 Å².